The second-order valence-electron chi connectivity index (χ2n) is 5.84. The van der Waals surface area contributed by atoms with Gasteiger partial charge in [-0.3, -0.25) is 14.2 Å². The third-order valence-electron chi connectivity index (χ3n) is 4.16. The van der Waals surface area contributed by atoms with Gasteiger partial charge in [-0.15, -0.1) is 0 Å². The van der Waals surface area contributed by atoms with E-state index in [9.17, 15) is 14.7 Å². The van der Waals surface area contributed by atoms with Crippen LogP contribution in [-0.4, -0.2) is 27.7 Å². The molecule has 0 unspecified atom stereocenters. The summed E-state index contributed by atoms with van der Waals surface area (Å²) in [4.78, 5) is 23.3. The lowest BCUT2D eigenvalue weighted by Gasteiger charge is -2.30. The van der Waals surface area contributed by atoms with Gasteiger partial charge in [-0.2, -0.15) is 0 Å². The van der Waals surface area contributed by atoms with Gasteiger partial charge in [-0.1, -0.05) is 24.2 Å². The molecule has 2 rings (SSSR count). The lowest BCUT2D eigenvalue weighted by Crippen LogP contribution is -2.46. The number of amides is 1. The zero-order valence-electron chi connectivity index (χ0n) is 12.0. The minimum absolute atomic E-state index is 0.0227. The Morgan fingerprint density at radius 1 is 1.55 bits per heavy atom. The molecule has 0 bridgehead atoms. The zero-order chi connectivity index (χ0) is 14.8. The number of aliphatic hydroxyl groups is 1. The number of nitrogens with one attached hydrogen (secondary N) is 1. The molecule has 5 nitrogen and oxygen atoms in total. The number of nitrogens with zero attached hydrogens (tertiary/aromatic N) is 1. The van der Waals surface area contributed by atoms with Gasteiger partial charge in [0.1, 0.15) is 6.54 Å². The summed E-state index contributed by atoms with van der Waals surface area (Å²) in [7, 11) is 0. The fourth-order valence-corrected chi connectivity index (χ4v) is 3.50. The summed E-state index contributed by atoms with van der Waals surface area (Å²) < 4.78 is 1.45. The molecule has 0 radical (unpaired) electrons. The van der Waals surface area contributed by atoms with Crippen LogP contribution in [-0.2, 0) is 11.3 Å². The minimum atomic E-state index is -0.860. The van der Waals surface area contributed by atoms with Gasteiger partial charge in [0.25, 0.3) is 0 Å². The van der Waals surface area contributed by atoms with Crippen LogP contribution in [0.3, 0.4) is 0 Å². The number of hydrogen-bond donors (Lipinski definition) is 2. The van der Waals surface area contributed by atoms with Crippen molar-refractivity contribution < 1.29 is 9.90 Å². The largest absolute Gasteiger partial charge is 0.388 e. The highest BCUT2D eigenvalue weighted by Gasteiger charge is 2.34. The maximum absolute atomic E-state index is 11.9. The third-order valence-corrected chi connectivity index (χ3v) is 5.04. The molecule has 1 aromatic rings. The first kappa shape index (κ1) is 15.3. The number of aromatic nitrogens is 1. The first-order chi connectivity index (χ1) is 9.40. The third kappa shape index (κ3) is 3.49. The maximum atomic E-state index is 11.9. The molecule has 2 N–H and O–H groups in total. The van der Waals surface area contributed by atoms with E-state index in [4.69, 9.17) is 0 Å². The van der Waals surface area contributed by atoms with Crippen molar-refractivity contribution in [2.75, 3.05) is 6.54 Å². The average Bonchev–Trinajstić information content (AvgIpc) is 3.02. The van der Waals surface area contributed by atoms with Crippen LogP contribution in [0.5, 0.6) is 0 Å². The van der Waals surface area contributed by atoms with E-state index < -0.39 is 5.60 Å². The van der Waals surface area contributed by atoms with Gasteiger partial charge in [-0.05, 0) is 32.6 Å². The molecule has 1 aliphatic carbocycles. The van der Waals surface area contributed by atoms with E-state index in [1.54, 1.807) is 19.2 Å². The van der Waals surface area contributed by atoms with Crippen molar-refractivity contribution in [1.82, 2.24) is 9.88 Å². The lowest BCUT2D eigenvalue weighted by atomic mass is 9.88. The van der Waals surface area contributed by atoms with Gasteiger partial charge < -0.3 is 10.4 Å². The second kappa shape index (κ2) is 6.10. The lowest BCUT2D eigenvalue weighted by molar-refractivity contribution is -0.123. The van der Waals surface area contributed by atoms with Crippen LogP contribution < -0.4 is 10.2 Å². The van der Waals surface area contributed by atoms with E-state index in [1.807, 2.05) is 0 Å². The van der Waals surface area contributed by atoms with Gasteiger partial charge in [0.05, 0.1) is 5.60 Å². The van der Waals surface area contributed by atoms with Crippen LogP contribution in [0.15, 0.2) is 10.2 Å². The normalized spacial score (nSPS) is 18.9. The minimum Gasteiger partial charge on any atom is -0.388 e. The molecule has 6 heteroatoms. The van der Waals surface area contributed by atoms with Gasteiger partial charge in [0.2, 0.25) is 5.91 Å². The Balaban J connectivity index is 1.87. The van der Waals surface area contributed by atoms with Gasteiger partial charge in [-0.25, -0.2) is 0 Å². The molecule has 112 valence electrons. The molecule has 1 aromatic heterocycles. The number of hydrogen-bond acceptors (Lipinski definition) is 4. The van der Waals surface area contributed by atoms with E-state index in [1.165, 1.54) is 4.57 Å². The predicted molar refractivity (Wildman–Crippen MR) is 78.9 cm³/mol. The fraction of sp³-hybridized carbons (Fsp3) is 0.714. The van der Waals surface area contributed by atoms with Crippen molar-refractivity contribution in [3.63, 3.8) is 0 Å². The van der Waals surface area contributed by atoms with Gasteiger partial charge in [0.15, 0.2) is 0 Å². The standard InChI is InChI=1S/C14H22N2O3S/c1-10-8-20-13(18)16(10)7-12(17)15-9-14(2,19)11-5-3-4-6-11/h8,11,19H,3-7,9H2,1-2H3,(H,15,17)/t14-/m1/s1. The topological polar surface area (TPSA) is 71.3 Å². The van der Waals surface area contributed by atoms with Gasteiger partial charge >= 0.3 is 4.87 Å². The number of carbonyl (C=O) groups is 1. The second-order valence-corrected chi connectivity index (χ2v) is 6.67. The summed E-state index contributed by atoms with van der Waals surface area (Å²) in [5, 5.41) is 14.9. The molecule has 1 fully saturated rings. The number of carbonyl (C=O) groups excluding carboxylic acids is 1. The molecule has 0 spiro atoms. The van der Waals surface area contributed by atoms with Crippen LogP contribution in [0.2, 0.25) is 0 Å². The first-order valence-corrected chi connectivity index (χ1v) is 7.92. The van der Waals surface area contributed by atoms with Crippen LogP contribution in [0.4, 0.5) is 0 Å². The van der Waals surface area contributed by atoms with Crippen molar-refractivity contribution in [2.45, 2.75) is 51.7 Å². The van der Waals surface area contributed by atoms with Crippen molar-refractivity contribution in [2.24, 2.45) is 5.92 Å². The van der Waals surface area contributed by atoms with Crippen LogP contribution in [0, 0.1) is 12.8 Å². The number of aryl methyl sites for hydroxylation is 1. The molecule has 1 aliphatic rings. The van der Waals surface area contributed by atoms with E-state index in [0.717, 1.165) is 42.7 Å². The Morgan fingerprint density at radius 2 is 2.20 bits per heavy atom. The fourth-order valence-electron chi connectivity index (χ4n) is 2.77. The SMILES string of the molecule is Cc1csc(=O)n1CC(=O)NC[C@@](C)(O)C1CCCC1. The van der Waals surface area contributed by atoms with Crippen molar-refractivity contribution >= 4 is 17.2 Å². The molecule has 20 heavy (non-hydrogen) atoms. The Kier molecular flexibility index (Phi) is 4.65. The number of rotatable bonds is 5. The molecule has 0 aromatic carbocycles. The molecular weight excluding hydrogens is 276 g/mol. The van der Waals surface area contributed by atoms with Gasteiger partial charge in [0, 0.05) is 17.6 Å². The summed E-state index contributed by atoms with van der Waals surface area (Å²) in [6, 6.07) is 0. The molecular formula is C14H22N2O3S. The molecule has 1 heterocycles. The monoisotopic (exact) mass is 298 g/mol. The van der Waals surface area contributed by atoms with E-state index in [-0.39, 0.29) is 29.8 Å². The summed E-state index contributed by atoms with van der Waals surface area (Å²) in [6.07, 6.45) is 4.34. The number of thiazole rings is 1. The highest BCUT2D eigenvalue weighted by atomic mass is 32.1. The summed E-state index contributed by atoms with van der Waals surface area (Å²) in [5.74, 6) is 0.0280. The van der Waals surface area contributed by atoms with Crippen molar-refractivity contribution in [3.8, 4) is 0 Å². The molecule has 1 amide bonds. The molecule has 1 saturated carbocycles. The van der Waals surface area contributed by atoms with E-state index >= 15 is 0 Å². The summed E-state index contributed by atoms with van der Waals surface area (Å²) >= 11 is 1.10. The molecule has 0 aliphatic heterocycles. The Morgan fingerprint density at radius 3 is 2.75 bits per heavy atom. The van der Waals surface area contributed by atoms with Crippen molar-refractivity contribution in [3.05, 3.63) is 20.7 Å². The van der Waals surface area contributed by atoms with Crippen LogP contribution in [0.1, 0.15) is 38.3 Å². The Hall–Kier alpha value is -1.14. The average molecular weight is 298 g/mol. The zero-order valence-corrected chi connectivity index (χ0v) is 12.8. The summed E-state index contributed by atoms with van der Waals surface area (Å²) in [6.45, 7) is 3.86. The smallest absolute Gasteiger partial charge is 0.307 e. The Bertz CT molecular complexity index is 527. The van der Waals surface area contributed by atoms with Crippen LogP contribution in [0.25, 0.3) is 0 Å². The quantitative estimate of drug-likeness (QED) is 0.860. The summed E-state index contributed by atoms with van der Waals surface area (Å²) in [5.41, 5.74) is -0.0708. The Labute approximate surface area is 122 Å². The highest BCUT2D eigenvalue weighted by molar-refractivity contribution is 7.07. The van der Waals surface area contributed by atoms with E-state index in [2.05, 4.69) is 5.32 Å². The van der Waals surface area contributed by atoms with Crippen molar-refractivity contribution in [1.29, 1.82) is 0 Å². The molecule has 0 saturated heterocycles. The van der Waals surface area contributed by atoms with E-state index in [0.29, 0.717) is 0 Å². The van der Waals surface area contributed by atoms with Crippen LogP contribution >= 0.6 is 11.3 Å². The first-order valence-electron chi connectivity index (χ1n) is 7.04. The maximum Gasteiger partial charge on any atom is 0.307 e. The predicted octanol–water partition coefficient (Wildman–Crippen LogP) is 1.28. The molecule has 1 atom stereocenters. The highest BCUT2D eigenvalue weighted by Crippen LogP contribution is 2.33.